The summed E-state index contributed by atoms with van der Waals surface area (Å²) < 4.78 is 36.8. The van der Waals surface area contributed by atoms with E-state index in [1.807, 2.05) is 6.92 Å². The summed E-state index contributed by atoms with van der Waals surface area (Å²) in [7, 11) is 0. The molecule has 4 heteroatoms. The third-order valence-corrected chi connectivity index (χ3v) is 2.40. The van der Waals surface area contributed by atoms with Crippen LogP contribution in [0.1, 0.15) is 37.0 Å². The molecule has 1 unspecified atom stereocenters. The summed E-state index contributed by atoms with van der Waals surface area (Å²) in [4.78, 5) is 0. The molecule has 0 aliphatic carbocycles. The largest absolute Gasteiger partial charge is 0.418 e. The van der Waals surface area contributed by atoms with E-state index in [0.29, 0.717) is 0 Å². The molecule has 1 nitrogen and oxygen atoms in total. The molecule has 0 bridgehead atoms. The lowest BCUT2D eigenvalue weighted by Gasteiger charge is -2.15. The van der Waals surface area contributed by atoms with Gasteiger partial charge in [-0.25, -0.2) is 0 Å². The van der Waals surface area contributed by atoms with Gasteiger partial charge in [0.1, 0.15) is 0 Å². The van der Waals surface area contributed by atoms with Crippen LogP contribution in [0.4, 0.5) is 13.2 Å². The summed E-state index contributed by atoms with van der Waals surface area (Å²) in [5.41, 5.74) is 0.753. The molecule has 1 atom stereocenters. The summed E-state index contributed by atoms with van der Waals surface area (Å²) in [6, 6.07) is 6.05. The second kappa shape index (κ2) is 5.34. The van der Waals surface area contributed by atoms with Crippen LogP contribution in [0.15, 0.2) is 24.3 Å². The molecule has 1 rings (SSSR count). The number of aliphatic hydroxyl groups excluding tert-OH is 1. The second-order valence-corrected chi connectivity index (χ2v) is 3.79. The topological polar surface area (TPSA) is 20.2 Å². The second-order valence-electron chi connectivity index (χ2n) is 3.79. The first-order chi connectivity index (χ1) is 7.45. The third-order valence-electron chi connectivity index (χ3n) is 2.40. The summed E-state index contributed by atoms with van der Waals surface area (Å²) in [5.74, 6) is 0. The Bertz CT molecular complexity index is 333. The minimum absolute atomic E-state index is 0.0823. The van der Waals surface area contributed by atoms with Gasteiger partial charge in [-0.1, -0.05) is 37.6 Å². The van der Waals surface area contributed by atoms with Crippen LogP contribution >= 0.6 is 0 Å². The van der Waals surface area contributed by atoms with E-state index in [0.717, 1.165) is 24.8 Å². The predicted octanol–water partition coefficient (Wildman–Crippen LogP) is 3.62. The molecule has 0 saturated heterocycles. The Balaban J connectivity index is 2.81. The first kappa shape index (κ1) is 13.0. The number of rotatable bonds is 4. The van der Waals surface area contributed by atoms with Crippen LogP contribution in [0.25, 0.3) is 0 Å². The molecule has 0 aliphatic heterocycles. The van der Waals surface area contributed by atoms with Crippen molar-refractivity contribution in [2.75, 3.05) is 0 Å². The Labute approximate surface area is 92.9 Å². The van der Waals surface area contributed by atoms with Gasteiger partial charge >= 0.3 is 6.18 Å². The van der Waals surface area contributed by atoms with Crippen LogP contribution in [0, 0.1) is 0 Å². The molecular formula is C12H15F3O. The minimum atomic E-state index is -4.59. The Morgan fingerprint density at radius 2 is 2.00 bits per heavy atom. The number of hydrogen-bond acceptors (Lipinski definition) is 1. The van der Waals surface area contributed by atoms with Gasteiger partial charge in [-0.05, 0) is 24.0 Å². The summed E-state index contributed by atoms with van der Waals surface area (Å²) in [6.07, 6.45) is -4.30. The number of hydrogen-bond donors (Lipinski definition) is 1. The highest BCUT2D eigenvalue weighted by Gasteiger charge is 2.39. The van der Waals surface area contributed by atoms with Crippen molar-refractivity contribution < 1.29 is 18.3 Å². The Morgan fingerprint density at radius 3 is 2.56 bits per heavy atom. The zero-order valence-corrected chi connectivity index (χ0v) is 9.09. The molecule has 0 aromatic heterocycles. The van der Waals surface area contributed by atoms with Crippen molar-refractivity contribution in [3.05, 3.63) is 35.4 Å². The molecule has 0 radical (unpaired) electrons. The van der Waals surface area contributed by atoms with Gasteiger partial charge in [0.05, 0.1) is 0 Å². The standard InChI is InChI=1S/C12H15F3O/c1-2-3-5-9-6-4-7-10(8-9)11(16)12(13,14)15/h4,6-8,11,16H,2-3,5H2,1H3. The van der Waals surface area contributed by atoms with Crippen molar-refractivity contribution in [1.29, 1.82) is 0 Å². The highest BCUT2D eigenvalue weighted by Crippen LogP contribution is 2.32. The average molecular weight is 232 g/mol. The van der Waals surface area contributed by atoms with Crippen molar-refractivity contribution in [3.8, 4) is 0 Å². The number of aliphatic hydroxyl groups is 1. The number of alkyl halides is 3. The van der Waals surface area contributed by atoms with E-state index >= 15 is 0 Å². The van der Waals surface area contributed by atoms with Crippen LogP contribution in [0.5, 0.6) is 0 Å². The van der Waals surface area contributed by atoms with Gasteiger partial charge in [0.25, 0.3) is 0 Å². The van der Waals surface area contributed by atoms with Gasteiger partial charge in [-0.3, -0.25) is 0 Å². The fourth-order valence-electron chi connectivity index (χ4n) is 1.49. The lowest BCUT2D eigenvalue weighted by Crippen LogP contribution is -2.20. The molecule has 16 heavy (non-hydrogen) atoms. The number of unbranched alkanes of at least 4 members (excludes halogenated alkanes) is 1. The smallest absolute Gasteiger partial charge is 0.379 e. The molecular weight excluding hydrogens is 217 g/mol. The monoisotopic (exact) mass is 232 g/mol. The van der Waals surface area contributed by atoms with Crippen molar-refractivity contribution in [2.24, 2.45) is 0 Å². The van der Waals surface area contributed by atoms with Crippen LogP contribution < -0.4 is 0 Å². The van der Waals surface area contributed by atoms with Gasteiger partial charge in [0.15, 0.2) is 6.10 Å². The normalized spacial score (nSPS) is 13.8. The third kappa shape index (κ3) is 3.52. The molecule has 0 aliphatic rings. The lowest BCUT2D eigenvalue weighted by atomic mass is 10.0. The first-order valence-electron chi connectivity index (χ1n) is 5.28. The van der Waals surface area contributed by atoms with E-state index in [1.54, 1.807) is 12.1 Å². The molecule has 0 amide bonds. The zero-order valence-electron chi connectivity index (χ0n) is 9.09. The molecule has 0 spiro atoms. The highest BCUT2D eigenvalue weighted by molar-refractivity contribution is 5.26. The highest BCUT2D eigenvalue weighted by atomic mass is 19.4. The van der Waals surface area contributed by atoms with Crippen LogP contribution in [0.3, 0.4) is 0 Å². The molecule has 0 saturated carbocycles. The lowest BCUT2D eigenvalue weighted by molar-refractivity contribution is -0.206. The maximum Gasteiger partial charge on any atom is 0.418 e. The molecule has 0 fully saturated rings. The SMILES string of the molecule is CCCCc1cccc(C(O)C(F)(F)F)c1. The van der Waals surface area contributed by atoms with Crippen LogP contribution in [0.2, 0.25) is 0 Å². The molecule has 1 aromatic carbocycles. The van der Waals surface area contributed by atoms with E-state index in [2.05, 4.69) is 0 Å². The molecule has 1 N–H and O–H groups in total. The minimum Gasteiger partial charge on any atom is -0.379 e. The van der Waals surface area contributed by atoms with Gasteiger partial charge in [0.2, 0.25) is 0 Å². The first-order valence-corrected chi connectivity index (χ1v) is 5.28. The quantitative estimate of drug-likeness (QED) is 0.840. The van der Waals surface area contributed by atoms with Crippen LogP contribution in [-0.4, -0.2) is 11.3 Å². The molecule has 90 valence electrons. The van der Waals surface area contributed by atoms with E-state index in [1.165, 1.54) is 12.1 Å². The summed E-state index contributed by atoms with van der Waals surface area (Å²) in [5, 5.41) is 9.08. The maximum absolute atomic E-state index is 12.3. The van der Waals surface area contributed by atoms with E-state index < -0.39 is 12.3 Å². The number of halogens is 3. The predicted molar refractivity (Wildman–Crippen MR) is 56.1 cm³/mol. The summed E-state index contributed by atoms with van der Waals surface area (Å²) >= 11 is 0. The van der Waals surface area contributed by atoms with Gasteiger partial charge < -0.3 is 5.11 Å². The summed E-state index contributed by atoms with van der Waals surface area (Å²) in [6.45, 7) is 2.02. The van der Waals surface area contributed by atoms with Crippen LogP contribution in [-0.2, 0) is 6.42 Å². The van der Waals surface area contributed by atoms with E-state index in [4.69, 9.17) is 5.11 Å². The maximum atomic E-state index is 12.3. The number of benzene rings is 1. The Hall–Kier alpha value is -1.03. The molecule has 0 heterocycles. The van der Waals surface area contributed by atoms with Crippen molar-refractivity contribution in [3.63, 3.8) is 0 Å². The van der Waals surface area contributed by atoms with Crippen molar-refractivity contribution in [2.45, 2.75) is 38.5 Å². The van der Waals surface area contributed by atoms with Gasteiger partial charge in [-0.15, -0.1) is 0 Å². The Kier molecular flexibility index (Phi) is 4.35. The van der Waals surface area contributed by atoms with E-state index in [-0.39, 0.29) is 5.56 Å². The average Bonchev–Trinajstić information content (AvgIpc) is 2.24. The van der Waals surface area contributed by atoms with Gasteiger partial charge in [-0.2, -0.15) is 13.2 Å². The Morgan fingerprint density at radius 1 is 1.31 bits per heavy atom. The fourth-order valence-corrected chi connectivity index (χ4v) is 1.49. The van der Waals surface area contributed by atoms with Gasteiger partial charge in [0, 0.05) is 0 Å². The fraction of sp³-hybridized carbons (Fsp3) is 0.500. The number of aryl methyl sites for hydroxylation is 1. The van der Waals surface area contributed by atoms with Crippen molar-refractivity contribution in [1.82, 2.24) is 0 Å². The van der Waals surface area contributed by atoms with Crippen molar-refractivity contribution >= 4 is 0 Å². The zero-order chi connectivity index (χ0) is 12.2. The molecule has 1 aromatic rings. The van der Waals surface area contributed by atoms with E-state index in [9.17, 15) is 13.2 Å².